The number of phenols is 1. The van der Waals surface area contributed by atoms with Crippen molar-refractivity contribution >= 4 is 0 Å². The topological polar surface area (TPSA) is 38.7 Å². The van der Waals surface area contributed by atoms with Gasteiger partial charge in [0.1, 0.15) is 5.75 Å². The minimum Gasteiger partial charge on any atom is -0.504 e. The average molecular weight is 256 g/mol. The summed E-state index contributed by atoms with van der Waals surface area (Å²) in [6.07, 6.45) is 1.72. The van der Waals surface area contributed by atoms with Gasteiger partial charge in [0.2, 0.25) is 0 Å². The van der Waals surface area contributed by atoms with E-state index in [1.54, 1.807) is 20.3 Å². The van der Waals surface area contributed by atoms with Crippen LogP contribution in [0, 0.1) is 0 Å². The summed E-state index contributed by atoms with van der Waals surface area (Å²) in [6, 6.07) is 9.99. The van der Waals surface area contributed by atoms with E-state index in [0.29, 0.717) is 5.75 Å². The van der Waals surface area contributed by atoms with Crippen LogP contribution in [-0.2, 0) is 12.8 Å². The molecule has 0 aliphatic heterocycles. The zero-order valence-corrected chi connectivity index (χ0v) is 11.1. The number of benzene rings is 2. The highest BCUT2D eigenvalue weighted by Crippen LogP contribution is 2.47. The van der Waals surface area contributed by atoms with E-state index in [2.05, 4.69) is 12.1 Å². The minimum absolute atomic E-state index is 0.229. The molecule has 2 aromatic rings. The van der Waals surface area contributed by atoms with Crippen LogP contribution in [0.4, 0.5) is 0 Å². The largest absolute Gasteiger partial charge is 0.504 e. The Kier molecular flexibility index (Phi) is 2.82. The highest BCUT2D eigenvalue weighted by Gasteiger charge is 2.25. The number of aryl methyl sites for hydroxylation is 1. The molecule has 1 aliphatic carbocycles. The Morgan fingerprint density at radius 2 is 1.74 bits per heavy atom. The van der Waals surface area contributed by atoms with Gasteiger partial charge in [-0.25, -0.2) is 0 Å². The molecule has 0 radical (unpaired) electrons. The molecule has 0 spiro atoms. The van der Waals surface area contributed by atoms with Gasteiger partial charge < -0.3 is 14.6 Å². The van der Waals surface area contributed by atoms with E-state index in [1.165, 1.54) is 5.56 Å². The summed E-state index contributed by atoms with van der Waals surface area (Å²) < 4.78 is 10.7. The Labute approximate surface area is 112 Å². The molecule has 3 heteroatoms. The Hall–Kier alpha value is -2.16. The lowest BCUT2D eigenvalue weighted by Crippen LogP contribution is -2.06. The van der Waals surface area contributed by atoms with Gasteiger partial charge in [-0.1, -0.05) is 24.3 Å². The van der Waals surface area contributed by atoms with Crippen LogP contribution in [0.1, 0.15) is 11.1 Å². The molecule has 19 heavy (non-hydrogen) atoms. The smallest absolute Gasteiger partial charge is 0.164 e. The summed E-state index contributed by atoms with van der Waals surface area (Å²) in [4.78, 5) is 0. The summed E-state index contributed by atoms with van der Waals surface area (Å²) >= 11 is 0. The van der Waals surface area contributed by atoms with Crippen molar-refractivity contribution in [1.29, 1.82) is 0 Å². The van der Waals surface area contributed by atoms with Crippen LogP contribution >= 0.6 is 0 Å². The number of phenolic OH excluding ortho intramolecular Hbond substituents is 1. The van der Waals surface area contributed by atoms with Crippen LogP contribution in [0.5, 0.6) is 17.2 Å². The normalized spacial score (nSPS) is 12.5. The molecule has 0 bridgehead atoms. The van der Waals surface area contributed by atoms with Crippen molar-refractivity contribution in [2.75, 3.05) is 14.2 Å². The molecule has 98 valence electrons. The number of hydrogen-bond donors (Lipinski definition) is 1. The van der Waals surface area contributed by atoms with Gasteiger partial charge in [-0.05, 0) is 24.0 Å². The molecule has 0 heterocycles. The second-order valence-electron chi connectivity index (χ2n) is 4.64. The van der Waals surface area contributed by atoms with Gasteiger partial charge in [0.05, 0.1) is 14.2 Å². The van der Waals surface area contributed by atoms with Gasteiger partial charge in [0.25, 0.3) is 0 Å². The second-order valence-corrected chi connectivity index (χ2v) is 4.64. The predicted octanol–water partition coefficient (Wildman–Crippen LogP) is 3.18. The third-order valence-corrected chi connectivity index (χ3v) is 3.70. The average Bonchev–Trinajstić information content (AvgIpc) is 2.47. The number of hydrogen-bond acceptors (Lipinski definition) is 3. The first kappa shape index (κ1) is 11.9. The third kappa shape index (κ3) is 1.73. The first-order chi connectivity index (χ1) is 9.26. The first-order valence-electron chi connectivity index (χ1n) is 6.31. The first-order valence-corrected chi connectivity index (χ1v) is 6.31. The van der Waals surface area contributed by atoms with Gasteiger partial charge in [0.15, 0.2) is 11.5 Å². The predicted molar refractivity (Wildman–Crippen MR) is 74.1 cm³/mol. The van der Waals surface area contributed by atoms with Gasteiger partial charge in [-0.15, -0.1) is 0 Å². The molecule has 0 fully saturated rings. The Bertz CT molecular complexity index is 632. The van der Waals surface area contributed by atoms with Crippen LogP contribution in [0.3, 0.4) is 0 Å². The summed E-state index contributed by atoms with van der Waals surface area (Å²) in [7, 11) is 3.20. The molecule has 3 rings (SSSR count). The molecule has 1 aliphatic rings. The molecule has 3 nitrogen and oxygen atoms in total. The molecule has 0 saturated carbocycles. The second kappa shape index (κ2) is 4.50. The number of ether oxygens (including phenoxy) is 2. The molecule has 1 N–H and O–H groups in total. The van der Waals surface area contributed by atoms with E-state index in [4.69, 9.17) is 9.47 Å². The van der Waals surface area contributed by atoms with Crippen molar-refractivity contribution in [3.63, 3.8) is 0 Å². The van der Waals surface area contributed by atoms with E-state index in [0.717, 1.165) is 35.3 Å². The van der Waals surface area contributed by atoms with Gasteiger partial charge in [-0.2, -0.15) is 0 Å². The maximum absolute atomic E-state index is 10.3. The fourth-order valence-corrected chi connectivity index (χ4v) is 2.77. The Morgan fingerprint density at radius 3 is 2.47 bits per heavy atom. The molecule has 0 saturated heterocycles. The van der Waals surface area contributed by atoms with Crippen molar-refractivity contribution < 1.29 is 14.6 Å². The highest BCUT2D eigenvalue weighted by molar-refractivity contribution is 5.82. The number of aromatic hydroxyl groups is 1. The third-order valence-electron chi connectivity index (χ3n) is 3.70. The van der Waals surface area contributed by atoms with Crippen molar-refractivity contribution in [1.82, 2.24) is 0 Å². The van der Waals surface area contributed by atoms with Crippen LogP contribution in [0.2, 0.25) is 0 Å². The highest BCUT2D eigenvalue weighted by atomic mass is 16.5. The molecular weight excluding hydrogens is 240 g/mol. The quantitative estimate of drug-likeness (QED) is 0.897. The van der Waals surface area contributed by atoms with Gasteiger partial charge >= 0.3 is 0 Å². The van der Waals surface area contributed by atoms with Crippen LogP contribution in [0.25, 0.3) is 11.1 Å². The van der Waals surface area contributed by atoms with E-state index in [9.17, 15) is 5.11 Å². The van der Waals surface area contributed by atoms with Crippen LogP contribution in [0.15, 0.2) is 30.3 Å². The van der Waals surface area contributed by atoms with Crippen molar-refractivity contribution in [2.45, 2.75) is 12.8 Å². The molecule has 0 amide bonds. The monoisotopic (exact) mass is 256 g/mol. The lowest BCUT2D eigenvalue weighted by Gasteiger charge is -2.24. The van der Waals surface area contributed by atoms with E-state index >= 15 is 0 Å². The van der Waals surface area contributed by atoms with E-state index < -0.39 is 0 Å². The van der Waals surface area contributed by atoms with Crippen LogP contribution < -0.4 is 9.47 Å². The van der Waals surface area contributed by atoms with Crippen molar-refractivity contribution in [3.05, 3.63) is 41.5 Å². The Morgan fingerprint density at radius 1 is 1.00 bits per heavy atom. The van der Waals surface area contributed by atoms with Gasteiger partial charge in [-0.3, -0.25) is 0 Å². The SMILES string of the molecule is COc1cc(OC)c2c(c1O)CCc1ccccc1-2. The van der Waals surface area contributed by atoms with Crippen molar-refractivity contribution in [2.24, 2.45) is 0 Å². The molecule has 0 unspecified atom stereocenters. The maximum atomic E-state index is 10.3. The summed E-state index contributed by atoms with van der Waals surface area (Å²) in [5.74, 6) is 1.44. The lowest BCUT2D eigenvalue weighted by atomic mass is 9.84. The summed E-state index contributed by atoms with van der Waals surface area (Å²) in [5.41, 5.74) is 4.33. The maximum Gasteiger partial charge on any atom is 0.164 e. The zero-order valence-electron chi connectivity index (χ0n) is 11.1. The van der Waals surface area contributed by atoms with E-state index in [1.807, 2.05) is 12.1 Å². The number of fused-ring (bicyclic) bond motifs is 3. The molecule has 0 atom stereocenters. The minimum atomic E-state index is 0.229. The zero-order chi connectivity index (χ0) is 13.4. The molecule has 2 aromatic carbocycles. The number of methoxy groups -OCH3 is 2. The fraction of sp³-hybridized carbons (Fsp3) is 0.250. The van der Waals surface area contributed by atoms with E-state index in [-0.39, 0.29) is 5.75 Å². The van der Waals surface area contributed by atoms with Gasteiger partial charge in [0, 0.05) is 17.2 Å². The lowest BCUT2D eigenvalue weighted by molar-refractivity contribution is 0.361. The molecular formula is C16H16O3. The number of rotatable bonds is 2. The summed E-state index contributed by atoms with van der Waals surface area (Å²) in [6.45, 7) is 0. The Balaban J connectivity index is 2.32. The van der Waals surface area contributed by atoms with Crippen molar-refractivity contribution in [3.8, 4) is 28.4 Å². The molecule has 0 aromatic heterocycles. The standard InChI is InChI=1S/C16H16O3/c1-18-13-9-14(19-2)16(17)12-8-7-10-5-3-4-6-11(10)15(12)13/h3-6,9,17H,7-8H2,1-2H3. The summed E-state index contributed by atoms with van der Waals surface area (Å²) in [5, 5.41) is 10.3. The van der Waals surface area contributed by atoms with Crippen LogP contribution in [-0.4, -0.2) is 19.3 Å². The fourth-order valence-electron chi connectivity index (χ4n) is 2.77.